The summed E-state index contributed by atoms with van der Waals surface area (Å²) >= 11 is 5.81. The molecule has 0 spiro atoms. The number of nitrogens with one attached hydrogen (secondary N) is 1. The molecule has 0 aliphatic carbocycles. The summed E-state index contributed by atoms with van der Waals surface area (Å²) in [5, 5.41) is 3.06. The number of anilines is 1. The van der Waals surface area contributed by atoms with E-state index in [0.717, 1.165) is 0 Å². The fourth-order valence-electron chi connectivity index (χ4n) is 2.20. The van der Waals surface area contributed by atoms with Crippen molar-refractivity contribution in [2.45, 2.75) is 16.8 Å². The SMILES string of the molecule is CCNc1oc(-c2ccc(F)cc2)nc1S(=O)(=O)c1ccc(Cl)cc1. The summed E-state index contributed by atoms with van der Waals surface area (Å²) < 4.78 is 44.4. The van der Waals surface area contributed by atoms with Gasteiger partial charge < -0.3 is 9.73 Å². The predicted octanol–water partition coefficient (Wildman–Crippen LogP) is 4.40. The second kappa shape index (κ2) is 6.85. The molecule has 1 N–H and O–H groups in total. The van der Waals surface area contributed by atoms with Gasteiger partial charge in [-0.3, -0.25) is 0 Å². The Kier molecular flexibility index (Phi) is 4.78. The van der Waals surface area contributed by atoms with Crippen molar-refractivity contribution in [3.8, 4) is 11.5 Å². The quantitative estimate of drug-likeness (QED) is 0.710. The van der Waals surface area contributed by atoms with Gasteiger partial charge in [0.1, 0.15) is 5.82 Å². The van der Waals surface area contributed by atoms with E-state index in [1.54, 1.807) is 6.92 Å². The molecular formula is C17H14ClFN2O3S. The molecule has 1 heterocycles. The average Bonchev–Trinajstić information content (AvgIpc) is 3.01. The van der Waals surface area contributed by atoms with Crippen LogP contribution in [0.4, 0.5) is 10.3 Å². The molecule has 5 nitrogen and oxygen atoms in total. The van der Waals surface area contributed by atoms with Gasteiger partial charge in [0.25, 0.3) is 0 Å². The van der Waals surface area contributed by atoms with Crippen LogP contribution >= 0.6 is 11.6 Å². The number of benzene rings is 2. The van der Waals surface area contributed by atoms with Crippen molar-refractivity contribution >= 4 is 27.3 Å². The normalized spacial score (nSPS) is 11.5. The molecule has 0 fully saturated rings. The molecule has 1 aromatic heterocycles. The fraction of sp³-hybridized carbons (Fsp3) is 0.118. The van der Waals surface area contributed by atoms with Crippen LogP contribution in [0.2, 0.25) is 5.02 Å². The van der Waals surface area contributed by atoms with Crippen molar-refractivity contribution in [3.63, 3.8) is 0 Å². The first-order valence-electron chi connectivity index (χ1n) is 7.43. The first kappa shape index (κ1) is 17.4. The standard InChI is InChI=1S/C17H14ClFN2O3S/c1-2-20-16-17(25(22,23)14-9-5-12(18)6-10-14)21-15(24-16)11-3-7-13(19)8-4-11/h3-10,20H,2H2,1H3. The predicted molar refractivity (Wildman–Crippen MR) is 93.0 cm³/mol. The lowest BCUT2D eigenvalue weighted by Crippen LogP contribution is -2.07. The van der Waals surface area contributed by atoms with Crippen LogP contribution in [-0.4, -0.2) is 19.9 Å². The van der Waals surface area contributed by atoms with Gasteiger partial charge in [0.05, 0.1) is 4.90 Å². The highest BCUT2D eigenvalue weighted by Crippen LogP contribution is 2.32. The molecule has 0 amide bonds. The summed E-state index contributed by atoms with van der Waals surface area (Å²) in [5.41, 5.74) is 0.470. The molecule has 25 heavy (non-hydrogen) atoms. The number of halogens is 2. The zero-order chi connectivity index (χ0) is 18.0. The van der Waals surface area contributed by atoms with Crippen LogP contribution in [0.1, 0.15) is 6.92 Å². The molecule has 0 aliphatic heterocycles. The molecule has 0 aliphatic rings. The molecule has 3 rings (SSSR count). The number of nitrogens with zero attached hydrogens (tertiary/aromatic N) is 1. The summed E-state index contributed by atoms with van der Waals surface area (Å²) in [5.74, 6) is -0.281. The van der Waals surface area contributed by atoms with Crippen molar-refractivity contribution in [3.05, 3.63) is 59.4 Å². The molecule has 8 heteroatoms. The van der Waals surface area contributed by atoms with Gasteiger partial charge in [0.2, 0.25) is 26.6 Å². The van der Waals surface area contributed by atoms with E-state index in [1.807, 2.05) is 0 Å². The van der Waals surface area contributed by atoms with E-state index in [4.69, 9.17) is 16.0 Å². The molecule has 0 atom stereocenters. The maximum absolute atomic E-state index is 13.1. The second-order valence-corrected chi connectivity index (χ2v) is 7.45. The molecule has 0 saturated carbocycles. The van der Waals surface area contributed by atoms with Crippen LogP contribution in [0, 0.1) is 5.82 Å². The largest absolute Gasteiger partial charge is 0.419 e. The lowest BCUT2D eigenvalue weighted by molar-refractivity contribution is 0.577. The Balaban J connectivity index is 2.11. The van der Waals surface area contributed by atoms with Gasteiger partial charge in [-0.05, 0) is 55.5 Å². The van der Waals surface area contributed by atoms with Gasteiger partial charge in [-0.15, -0.1) is 0 Å². The maximum Gasteiger partial charge on any atom is 0.233 e. The highest BCUT2D eigenvalue weighted by atomic mass is 35.5. The first-order chi connectivity index (χ1) is 11.9. The van der Waals surface area contributed by atoms with Crippen molar-refractivity contribution < 1.29 is 17.2 Å². The lowest BCUT2D eigenvalue weighted by atomic mass is 10.2. The van der Waals surface area contributed by atoms with E-state index >= 15 is 0 Å². The van der Waals surface area contributed by atoms with Crippen LogP contribution in [0.5, 0.6) is 0 Å². The van der Waals surface area contributed by atoms with Gasteiger partial charge in [-0.2, -0.15) is 4.98 Å². The molecule has 0 bridgehead atoms. The van der Waals surface area contributed by atoms with Crippen molar-refractivity contribution in [2.75, 3.05) is 11.9 Å². The van der Waals surface area contributed by atoms with Crippen molar-refractivity contribution in [2.24, 2.45) is 0 Å². The molecule has 0 saturated heterocycles. The van der Waals surface area contributed by atoms with Gasteiger partial charge in [-0.1, -0.05) is 11.6 Å². The second-order valence-electron chi connectivity index (χ2n) is 5.15. The highest BCUT2D eigenvalue weighted by Gasteiger charge is 2.28. The Bertz CT molecular complexity index is 984. The minimum absolute atomic E-state index is 0.0387. The number of aromatic nitrogens is 1. The van der Waals surface area contributed by atoms with E-state index in [2.05, 4.69) is 10.3 Å². The van der Waals surface area contributed by atoms with Crippen LogP contribution in [0.25, 0.3) is 11.5 Å². The van der Waals surface area contributed by atoms with Gasteiger partial charge in [0.15, 0.2) is 0 Å². The zero-order valence-corrected chi connectivity index (χ0v) is 14.7. The number of sulfone groups is 1. The Hall–Kier alpha value is -2.38. The van der Waals surface area contributed by atoms with Crippen molar-refractivity contribution in [1.29, 1.82) is 0 Å². The fourth-order valence-corrected chi connectivity index (χ4v) is 3.61. The van der Waals surface area contributed by atoms with Crippen molar-refractivity contribution in [1.82, 2.24) is 4.98 Å². The summed E-state index contributed by atoms with van der Waals surface area (Å²) in [4.78, 5) is 4.18. The van der Waals surface area contributed by atoms with Gasteiger partial charge in [0, 0.05) is 17.1 Å². The minimum atomic E-state index is -3.90. The third kappa shape index (κ3) is 3.52. The van der Waals surface area contributed by atoms with Gasteiger partial charge >= 0.3 is 0 Å². The Labute approximate surface area is 149 Å². The topological polar surface area (TPSA) is 72.2 Å². The minimum Gasteiger partial charge on any atom is -0.419 e. The van der Waals surface area contributed by atoms with Crippen LogP contribution in [0.3, 0.4) is 0 Å². The molecule has 3 aromatic rings. The summed E-state index contributed by atoms with van der Waals surface area (Å²) in [6.45, 7) is 2.25. The first-order valence-corrected chi connectivity index (χ1v) is 9.29. The maximum atomic E-state index is 13.1. The smallest absolute Gasteiger partial charge is 0.233 e. The number of hydrogen-bond acceptors (Lipinski definition) is 5. The average molecular weight is 381 g/mol. The Morgan fingerprint density at radius 2 is 1.76 bits per heavy atom. The Morgan fingerprint density at radius 3 is 2.36 bits per heavy atom. The van der Waals surface area contributed by atoms with Crippen LogP contribution in [-0.2, 0) is 9.84 Å². The summed E-state index contributed by atoms with van der Waals surface area (Å²) in [6, 6.07) is 11.2. The monoisotopic (exact) mass is 380 g/mol. The zero-order valence-electron chi connectivity index (χ0n) is 13.2. The molecule has 130 valence electrons. The molecule has 0 radical (unpaired) electrons. The third-order valence-electron chi connectivity index (χ3n) is 3.40. The Morgan fingerprint density at radius 1 is 1.12 bits per heavy atom. The molecular weight excluding hydrogens is 367 g/mol. The van der Waals surface area contributed by atoms with E-state index in [-0.39, 0.29) is 21.7 Å². The summed E-state index contributed by atoms with van der Waals surface area (Å²) in [6.07, 6.45) is 0. The van der Waals surface area contributed by atoms with E-state index < -0.39 is 15.7 Å². The number of rotatable bonds is 5. The van der Waals surface area contributed by atoms with Crippen LogP contribution in [0.15, 0.2) is 62.9 Å². The third-order valence-corrected chi connectivity index (χ3v) is 5.33. The van der Waals surface area contributed by atoms with Crippen LogP contribution < -0.4 is 5.32 Å². The summed E-state index contributed by atoms with van der Waals surface area (Å²) in [7, 11) is -3.90. The van der Waals surface area contributed by atoms with Gasteiger partial charge in [-0.25, -0.2) is 12.8 Å². The number of hydrogen-bond donors (Lipinski definition) is 1. The molecule has 2 aromatic carbocycles. The number of oxazole rings is 1. The van der Waals surface area contributed by atoms with E-state index in [9.17, 15) is 12.8 Å². The lowest BCUT2D eigenvalue weighted by Gasteiger charge is -2.04. The van der Waals surface area contributed by atoms with E-state index in [1.165, 1.54) is 48.5 Å². The van der Waals surface area contributed by atoms with E-state index in [0.29, 0.717) is 17.1 Å². The highest BCUT2D eigenvalue weighted by molar-refractivity contribution is 7.91. The molecule has 0 unspecified atom stereocenters.